The van der Waals surface area contributed by atoms with Crippen molar-refractivity contribution < 1.29 is 4.74 Å². The highest BCUT2D eigenvalue weighted by Crippen LogP contribution is 2.19. The third-order valence-corrected chi connectivity index (χ3v) is 5.70. The van der Waals surface area contributed by atoms with Crippen LogP contribution >= 0.6 is 24.0 Å². The number of aliphatic imine (C=N–C) groups is 1. The first-order chi connectivity index (χ1) is 14.8. The lowest BCUT2D eigenvalue weighted by Crippen LogP contribution is -2.37. The van der Waals surface area contributed by atoms with Crippen molar-refractivity contribution in [2.24, 2.45) is 4.99 Å². The quantitative estimate of drug-likeness (QED) is 0.151. The van der Waals surface area contributed by atoms with Crippen molar-refractivity contribution in [3.63, 3.8) is 0 Å². The van der Waals surface area contributed by atoms with Crippen LogP contribution in [0.4, 0.5) is 0 Å². The van der Waals surface area contributed by atoms with E-state index in [9.17, 15) is 0 Å². The van der Waals surface area contributed by atoms with Crippen LogP contribution in [0.25, 0.3) is 0 Å². The highest BCUT2D eigenvalue weighted by molar-refractivity contribution is 14.0. The van der Waals surface area contributed by atoms with Gasteiger partial charge in [-0.05, 0) is 42.9 Å². The summed E-state index contributed by atoms with van der Waals surface area (Å²) in [5.74, 6) is 0.841. The molecule has 0 unspecified atom stereocenters. The van der Waals surface area contributed by atoms with Crippen molar-refractivity contribution in [2.75, 3.05) is 20.2 Å². The molecule has 6 nitrogen and oxygen atoms in total. The van der Waals surface area contributed by atoms with Gasteiger partial charge in [0.15, 0.2) is 5.96 Å². The van der Waals surface area contributed by atoms with Crippen LogP contribution in [0.15, 0.2) is 47.7 Å². The molecular weight excluding hydrogens is 501 g/mol. The maximum Gasteiger partial charge on any atom is 0.191 e. The lowest BCUT2D eigenvalue weighted by molar-refractivity contribution is 0.0411. The number of unbranched alkanes of at least 4 members (excludes halogenated alkanes) is 1. The number of benzene rings is 1. The Morgan fingerprint density at radius 1 is 1.06 bits per heavy atom. The van der Waals surface area contributed by atoms with Gasteiger partial charge in [-0.1, -0.05) is 49.9 Å². The summed E-state index contributed by atoms with van der Waals surface area (Å²) in [5, 5.41) is 11.2. The minimum atomic E-state index is 0. The average molecular weight is 540 g/mol. The predicted molar refractivity (Wildman–Crippen MR) is 138 cm³/mol. The molecule has 1 fully saturated rings. The van der Waals surface area contributed by atoms with Crippen molar-refractivity contribution in [1.29, 1.82) is 0 Å². The molecule has 0 aliphatic heterocycles. The van der Waals surface area contributed by atoms with Crippen LogP contribution in [0.2, 0.25) is 0 Å². The first-order valence-corrected chi connectivity index (χ1v) is 11.5. The standard InChI is InChI=1S/C24H37N5O.HI/c1-25-24(26-15-8-9-18-30-23-13-4-2-3-5-14-23)27-19-21-11-6-7-12-22(21)20-29-17-10-16-28-29;/h6-7,10-12,16-17,23H,2-5,8-9,13-15,18-20H2,1H3,(H2,25,26,27);1H. The van der Waals surface area contributed by atoms with E-state index < -0.39 is 0 Å². The topological polar surface area (TPSA) is 63.5 Å². The largest absolute Gasteiger partial charge is 0.378 e. The van der Waals surface area contributed by atoms with Gasteiger partial charge in [0.2, 0.25) is 0 Å². The number of ether oxygens (including phenoxy) is 1. The molecule has 3 rings (SSSR count). The summed E-state index contributed by atoms with van der Waals surface area (Å²) >= 11 is 0. The highest BCUT2D eigenvalue weighted by atomic mass is 127. The molecule has 1 aliphatic carbocycles. The first-order valence-electron chi connectivity index (χ1n) is 11.5. The van der Waals surface area contributed by atoms with Crippen LogP contribution in [0, 0.1) is 0 Å². The monoisotopic (exact) mass is 539 g/mol. The van der Waals surface area contributed by atoms with E-state index in [2.05, 4.69) is 45.0 Å². The Kier molecular flexibility index (Phi) is 12.6. The molecule has 1 saturated carbocycles. The molecule has 2 N–H and O–H groups in total. The second-order valence-electron chi connectivity index (χ2n) is 8.02. The summed E-state index contributed by atoms with van der Waals surface area (Å²) in [7, 11) is 1.82. The van der Waals surface area contributed by atoms with Gasteiger partial charge in [-0.3, -0.25) is 9.67 Å². The molecule has 0 radical (unpaired) electrons. The lowest BCUT2D eigenvalue weighted by atomic mass is 10.1. The third-order valence-electron chi connectivity index (χ3n) is 5.70. The smallest absolute Gasteiger partial charge is 0.191 e. The van der Waals surface area contributed by atoms with E-state index in [-0.39, 0.29) is 24.0 Å². The fraction of sp³-hybridized carbons (Fsp3) is 0.583. The zero-order valence-electron chi connectivity index (χ0n) is 18.8. The third kappa shape index (κ3) is 9.60. The molecule has 0 atom stereocenters. The lowest BCUT2D eigenvalue weighted by Gasteiger charge is -2.16. The summed E-state index contributed by atoms with van der Waals surface area (Å²) in [4.78, 5) is 4.36. The molecule has 0 bridgehead atoms. The van der Waals surface area contributed by atoms with Gasteiger partial charge in [-0.25, -0.2) is 0 Å². The molecule has 0 saturated heterocycles. The van der Waals surface area contributed by atoms with Gasteiger partial charge >= 0.3 is 0 Å². The van der Waals surface area contributed by atoms with Gasteiger partial charge in [-0.15, -0.1) is 24.0 Å². The minimum absolute atomic E-state index is 0. The molecule has 1 aromatic heterocycles. The maximum absolute atomic E-state index is 6.08. The van der Waals surface area contributed by atoms with E-state index >= 15 is 0 Å². The first kappa shape index (κ1) is 25.6. The Labute approximate surface area is 204 Å². The Balaban J connectivity index is 0.00000341. The molecule has 31 heavy (non-hydrogen) atoms. The van der Waals surface area contributed by atoms with E-state index in [1.165, 1.54) is 49.7 Å². The summed E-state index contributed by atoms with van der Waals surface area (Å²) in [6.07, 6.45) is 14.4. The average Bonchev–Trinajstić information content (AvgIpc) is 3.14. The summed E-state index contributed by atoms with van der Waals surface area (Å²) < 4.78 is 8.02. The zero-order valence-corrected chi connectivity index (χ0v) is 21.1. The Bertz CT molecular complexity index is 742. The maximum atomic E-state index is 6.08. The molecule has 0 amide bonds. The van der Waals surface area contributed by atoms with E-state index in [1.54, 1.807) is 0 Å². The van der Waals surface area contributed by atoms with Gasteiger partial charge in [-0.2, -0.15) is 5.10 Å². The van der Waals surface area contributed by atoms with Crippen LogP contribution in [0.1, 0.15) is 62.5 Å². The zero-order chi connectivity index (χ0) is 20.9. The Morgan fingerprint density at radius 2 is 1.84 bits per heavy atom. The fourth-order valence-corrected chi connectivity index (χ4v) is 3.94. The minimum Gasteiger partial charge on any atom is -0.378 e. The van der Waals surface area contributed by atoms with Crippen LogP contribution in [0.5, 0.6) is 0 Å². The van der Waals surface area contributed by atoms with Gasteiger partial charge in [0, 0.05) is 39.1 Å². The predicted octanol–water partition coefficient (Wildman–Crippen LogP) is 4.73. The van der Waals surface area contributed by atoms with E-state index in [1.807, 2.05) is 30.2 Å². The van der Waals surface area contributed by atoms with Gasteiger partial charge in [0.05, 0.1) is 12.6 Å². The molecule has 2 aromatic rings. The van der Waals surface area contributed by atoms with E-state index in [0.717, 1.165) is 45.0 Å². The summed E-state index contributed by atoms with van der Waals surface area (Å²) in [6.45, 7) is 3.29. The highest BCUT2D eigenvalue weighted by Gasteiger charge is 2.12. The van der Waals surface area contributed by atoms with Crippen molar-refractivity contribution in [3.8, 4) is 0 Å². The molecule has 1 aliphatic rings. The Morgan fingerprint density at radius 3 is 2.55 bits per heavy atom. The van der Waals surface area contributed by atoms with Gasteiger partial charge in [0.1, 0.15) is 0 Å². The van der Waals surface area contributed by atoms with Crippen molar-refractivity contribution in [2.45, 2.75) is 70.6 Å². The number of aromatic nitrogens is 2. The van der Waals surface area contributed by atoms with Gasteiger partial charge in [0.25, 0.3) is 0 Å². The number of nitrogens with zero attached hydrogens (tertiary/aromatic N) is 3. The number of guanidine groups is 1. The van der Waals surface area contributed by atoms with Crippen molar-refractivity contribution in [1.82, 2.24) is 20.4 Å². The normalized spacial score (nSPS) is 15.2. The van der Waals surface area contributed by atoms with Crippen LogP contribution < -0.4 is 10.6 Å². The molecule has 172 valence electrons. The molecule has 1 aromatic carbocycles. The number of halogens is 1. The second-order valence-corrected chi connectivity index (χ2v) is 8.02. The number of hydrogen-bond donors (Lipinski definition) is 2. The SMILES string of the molecule is CN=C(NCCCCOC1CCCCCC1)NCc1ccccc1Cn1cccn1.I. The molecule has 7 heteroatoms. The molecular formula is C24H38IN5O. The fourth-order valence-electron chi connectivity index (χ4n) is 3.94. The van der Waals surface area contributed by atoms with Crippen LogP contribution in [0.3, 0.4) is 0 Å². The van der Waals surface area contributed by atoms with Crippen LogP contribution in [-0.4, -0.2) is 42.0 Å². The number of rotatable bonds is 10. The van der Waals surface area contributed by atoms with E-state index in [4.69, 9.17) is 4.74 Å². The second kappa shape index (κ2) is 15.2. The van der Waals surface area contributed by atoms with Crippen molar-refractivity contribution in [3.05, 3.63) is 53.9 Å². The number of hydrogen-bond acceptors (Lipinski definition) is 3. The van der Waals surface area contributed by atoms with Crippen molar-refractivity contribution >= 4 is 29.9 Å². The number of nitrogens with one attached hydrogen (secondary N) is 2. The van der Waals surface area contributed by atoms with E-state index in [0.29, 0.717) is 6.10 Å². The van der Waals surface area contributed by atoms with Crippen LogP contribution in [-0.2, 0) is 17.8 Å². The molecule has 0 spiro atoms. The Hall–Kier alpha value is -1.61. The summed E-state index contributed by atoms with van der Waals surface area (Å²) in [6, 6.07) is 10.4. The summed E-state index contributed by atoms with van der Waals surface area (Å²) in [5.41, 5.74) is 2.52. The molecule has 1 heterocycles. The van der Waals surface area contributed by atoms with Gasteiger partial charge < -0.3 is 15.4 Å².